The zero-order valence-electron chi connectivity index (χ0n) is 19.7. The molecule has 14 heteroatoms. The second-order valence-electron chi connectivity index (χ2n) is 9.25. The molecule has 2 aliphatic heterocycles. The number of rotatable bonds is 3. The summed E-state index contributed by atoms with van der Waals surface area (Å²) in [6, 6.07) is 2.20. The van der Waals surface area contributed by atoms with E-state index in [1.54, 1.807) is 35.1 Å². The first-order chi connectivity index (χ1) is 16.9. The third-order valence-corrected chi connectivity index (χ3v) is 6.61. The summed E-state index contributed by atoms with van der Waals surface area (Å²) in [6.07, 6.45) is 2.03. The molecule has 11 nitrogen and oxygen atoms in total. The van der Waals surface area contributed by atoms with Crippen molar-refractivity contribution in [2.45, 2.75) is 43.3 Å². The summed E-state index contributed by atoms with van der Waals surface area (Å²) >= 11 is 0. The highest BCUT2D eigenvalue weighted by molar-refractivity contribution is 5.97. The number of hydrogen-bond acceptors (Lipinski definition) is 7. The first kappa shape index (κ1) is 25.4. The minimum Gasteiger partial charge on any atom is -0.475 e. The highest BCUT2D eigenvalue weighted by atomic mass is 19.4. The van der Waals surface area contributed by atoms with Gasteiger partial charge in [0.05, 0.1) is 11.3 Å². The number of amides is 2. The zero-order chi connectivity index (χ0) is 26.3. The van der Waals surface area contributed by atoms with Gasteiger partial charge in [-0.25, -0.2) is 14.8 Å². The van der Waals surface area contributed by atoms with E-state index in [-0.39, 0.29) is 17.2 Å². The van der Waals surface area contributed by atoms with Crippen molar-refractivity contribution < 1.29 is 32.7 Å². The lowest BCUT2D eigenvalue weighted by atomic mass is 9.71. The van der Waals surface area contributed by atoms with Crippen LogP contribution in [0, 0.1) is 0 Å². The van der Waals surface area contributed by atoms with Crippen molar-refractivity contribution in [3.8, 4) is 0 Å². The van der Waals surface area contributed by atoms with Crippen LogP contribution in [-0.4, -0.2) is 91.3 Å². The average molecular weight is 509 g/mol. The van der Waals surface area contributed by atoms with Crippen molar-refractivity contribution in [1.29, 1.82) is 0 Å². The highest BCUT2D eigenvalue weighted by Crippen LogP contribution is 2.41. The van der Waals surface area contributed by atoms with Crippen molar-refractivity contribution in [3.05, 3.63) is 35.4 Å². The molecule has 2 N–H and O–H groups in total. The van der Waals surface area contributed by atoms with Gasteiger partial charge in [-0.2, -0.15) is 18.3 Å². The molecule has 0 aromatic carbocycles. The number of carbonyl (C=O) groups is 3. The Hall–Kier alpha value is -3.71. The molecule has 0 atom stereocenters. The molecule has 4 heterocycles. The molecule has 1 saturated heterocycles. The molecule has 2 amide bonds. The predicted molar refractivity (Wildman–Crippen MR) is 119 cm³/mol. The Morgan fingerprint density at radius 1 is 1.19 bits per heavy atom. The van der Waals surface area contributed by atoms with Gasteiger partial charge < -0.3 is 20.2 Å². The molecule has 1 saturated carbocycles. The van der Waals surface area contributed by atoms with Gasteiger partial charge >= 0.3 is 12.1 Å². The Kier molecular flexibility index (Phi) is 6.62. The third-order valence-electron chi connectivity index (χ3n) is 6.61. The van der Waals surface area contributed by atoms with Crippen LogP contribution >= 0.6 is 0 Å². The minimum absolute atomic E-state index is 0.000842. The maximum Gasteiger partial charge on any atom is 0.490 e. The number of aromatic nitrogens is 4. The fourth-order valence-corrected chi connectivity index (χ4v) is 4.51. The molecule has 0 unspecified atom stereocenters. The summed E-state index contributed by atoms with van der Waals surface area (Å²) in [5.41, 5.74) is 1.78. The minimum atomic E-state index is -5.08. The number of fused-ring (bicyclic) bond motifs is 2. The van der Waals surface area contributed by atoms with Gasteiger partial charge in [-0.05, 0) is 31.7 Å². The van der Waals surface area contributed by atoms with Crippen molar-refractivity contribution in [1.82, 2.24) is 29.5 Å². The zero-order valence-corrected chi connectivity index (χ0v) is 19.7. The van der Waals surface area contributed by atoms with E-state index in [9.17, 15) is 22.8 Å². The number of hydrogen-bond donors (Lipinski definition) is 2. The number of aliphatic carboxylic acids is 1. The number of carboxylic acid groups (broad SMARTS) is 1. The number of piperidine rings is 1. The quantitative estimate of drug-likeness (QED) is 0.639. The lowest BCUT2D eigenvalue weighted by Gasteiger charge is -2.46. The number of halogens is 3. The lowest BCUT2D eigenvalue weighted by Crippen LogP contribution is -2.54. The van der Waals surface area contributed by atoms with E-state index in [1.807, 2.05) is 11.9 Å². The lowest BCUT2D eigenvalue weighted by molar-refractivity contribution is -0.192. The van der Waals surface area contributed by atoms with Crippen LogP contribution in [0.25, 0.3) is 0 Å². The normalized spacial score (nSPS) is 18.9. The average Bonchev–Trinajstić information content (AvgIpc) is 3.54. The fraction of sp³-hybridized carbons (Fsp3) is 0.545. The van der Waals surface area contributed by atoms with Gasteiger partial charge in [0, 0.05) is 57.6 Å². The molecule has 36 heavy (non-hydrogen) atoms. The summed E-state index contributed by atoms with van der Waals surface area (Å²) in [7, 11) is 3.61. The number of anilines is 1. The topological polar surface area (TPSA) is 134 Å². The maximum atomic E-state index is 12.9. The summed E-state index contributed by atoms with van der Waals surface area (Å²) in [4.78, 5) is 47.3. The van der Waals surface area contributed by atoms with Gasteiger partial charge in [0.15, 0.2) is 0 Å². The monoisotopic (exact) mass is 509 g/mol. The summed E-state index contributed by atoms with van der Waals surface area (Å²) < 4.78 is 33.3. The molecule has 2 aromatic heterocycles. The van der Waals surface area contributed by atoms with E-state index >= 15 is 0 Å². The molecule has 194 valence electrons. The predicted octanol–water partition coefficient (Wildman–Crippen LogP) is 1.68. The Balaban J connectivity index is 0.000000384. The molecule has 2 fully saturated rings. The number of carboxylic acids is 1. The second-order valence-corrected chi connectivity index (χ2v) is 9.25. The Morgan fingerprint density at radius 3 is 2.36 bits per heavy atom. The van der Waals surface area contributed by atoms with Crippen molar-refractivity contribution in [2.24, 2.45) is 7.05 Å². The molecule has 5 rings (SSSR count). The van der Waals surface area contributed by atoms with Crippen LogP contribution in [0.5, 0.6) is 0 Å². The van der Waals surface area contributed by atoms with Crippen molar-refractivity contribution in [2.75, 3.05) is 32.0 Å². The number of carbonyl (C=O) groups excluding carboxylic acids is 2. The number of likely N-dealkylation sites (tertiary alicyclic amines) is 1. The molecule has 0 radical (unpaired) electrons. The Labute approximate surface area is 204 Å². The van der Waals surface area contributed by atoms with Crippen LogP contribution < -0.4 is 5.32 Å². The summed E-state index contributed by atoms with van der Waals surface area (Å²) in [5.74, 6) is -2.18. The molecule has 1 spiro atoms. The smallest absolute Gasteiger partial charge is 0.475 e. The second kappa shape index (κ2) is 9.39. The number of aryl methyl sites for hydroxylation is 1. The van der Waals surface area contributed by atoms with Gasteiger partial charge in [0.1, 0.15) is 5.69 Å². The van der Waals surface area contributed by atoms with Gasteiger partial charge in [0.25, 0.3) is 11.8 Å². The molecule has 1 aliphatic carbocycles. The van der Waals surface area contributed by atoms with Gasteiger partial charge in [0.2, 0.25) is 5.95 Å². The van der Waals surface area contributed by atoms with E-state index < -0.39 is 12.1 Å². The number of alkyl halides is 3. The third kappa shape index (κ3) is 5.11. The standard InChI is InChI=1S/C20H25N7O2.C2HF3O2/c1-25-12-20(6-9-27(10-7-20)18(29)15-5-8-22-26(15)2)16-14(17(25)28)11-21-19(24-16)23-13-3-4-13;3-2(4,5)1(6)7/h5,8,11,13H,3-4,6-7,9-10,12H2,1-2H3,(H,21,23,24);(H,6,7). The maximum absolute atomic E-state index is 12.9. The van der Waals surface area contributed by atoms with Crippen LogP contribution in [0.3, 0.4) is 0 Å². The summed E-state index contributed by atoms with van der Waals surface area (Å²) in [5, 5.41) is 14.6. The molecular weight excluding hydrogens is 483 g/mol. The Bertz CT molecular complexity index is 1170. The van der Waals surface area contributed by atoms with Gasteiger partial charge in [-0.3, -0.25) is 14.3 Å². The molecule has 0 bridgehead atoms. The SMILES string of the molecule is CN1CC2(CCN(C(=O)c3ccnn3C)CC2)c2nc(NC3CC3)ncc2C1=O.O=C(O)C(F)(F)F. The number of nitrogens with one attached hydrogen (secondary N) is 1. The first-order valence-corrected chi connectivity index (χ1v) is 11.4. The molecule has 2 aromatic rings. The van der Waals surface area contributed by atoms with E-state index in [0.717, 1.165) is 31.4 Å². The fourth-order valence-electron chi connectivity index (χ4n) is 4.51. The van der Waals surface area contributed by atoms with E-state index in [2.05, 4.69) is 15.4 Å². The van der Waals surface area contributed by atoms with Gasteiger partial charge in [-0.1, -0.05) is 0 Å². The summed E-state index contributed by atoms with van der Waals surface area (Å²) in [6.45, 7) is 1.87. The Morgan fingerprint density at radius 2 is 1.83 bits per heavy atom. The number of nitrogens with zero attached hydrogens (tertiary/aromatic N) is 6. The highest BCUT2D eigenvalue weighted by Gasteiger charge is 2.46. The molecular formula is C22H26F3N7O4. The number of likely N-dealkylation sites (N-methyl/N-ethyl adjacent to an activating group) is 1. The largest absolute Gasteiger partial charge is 0.490 e. The van der Waals surface area contributed by atoms with Crippen LogP contribution in [-0.2, 0) is 17.3 Å². The van der Waals surface area contributed by atoms with Crippen LogP contribution in [0.4, 0.5) is 19.1 Å². The van der Waals surface area contributed by atoms with Crippen LogP contribution in [0.15, 0.2) is 18.5 Å². The van der Waals surface area contributed by atoms with Crippen molar-refractivity contribution >= 4 is 23.7 Å². The first-order valence-electron chi connectivity index (χ1n) is 11.4. The van der Waals surface area contributed by atoms with E-state index in [4.69, 9.17) is 14.9 Å². The van der Waals surface area contributed by atoms with E-state index in [0.29, 0.717) is 42.9 Å². The molecule has 3 aliphatic rings. The van der Waals surface area contributed by atoms with Crippen LogP contribution in [0.1, 0.15) is 52.2 Å². The van der Waals surface area contributed by atoms with E-state index in [1.165, 1.54) is 0 Å². The van der Waals surface area contributed by atoms with Gasteiger partial charge in [-0.15, -0.1) is 0 Å². The van der Waals surface area contributed by atoms with Crippen LogP contribution in [0.2, 0.25) is 0 Å². The van der Waals surface area contributed by atoms with Crippen molar-refractivity contribution in [3.63, 3.8) is 0 Å².